The Bertz CT molecular complexity index is 508. The third-order valence-electron chi connectivity index (χ3n) is 4.09. The number of benzene rings is 1. The maximum Gasteiger partial charge on any atom is 0.223 e. The normalized spacial score (nSPS) is 16.0. The minimum atomic E-state index is -0.420. The van der Waals surface area contributed by atoms with Crippen LogP contribution in [0.25, 0.3) is 0 Å². The van der Waals surface area contributed by atoms with Crippen molar-refractivity contribution >= 4 is 11.8 Å². The third-order valence-corrected chi connectivity index (χ3v) is 4.09. The second-order valence-corrected chi connectivity index (χ2v) is 5.57. The maximum atomic E-state index is 11.9. The van der Waals surface area contributed by atoms with Crippen molar-refractivity contribution in [2.75, 3.05) is 13.1 Å². The zero-order chi connectivity index (χ0) is 15.2. The first-order valence-corrected chi connectivity index (χ1v) is 7.45. The summed E-state index contributed by atoms with van der Waals surface area (Å²) in [5.41, 5.74) is 13.2. The monoisotopic (exact) mass is 289 g/mol. The van der Waals surface area contributed by atoms with E-state index in [1.54, 1.807) is 0 Å². The molecular formula is C16H23N3O2. The molecule has 1 aliphatic rings. The number of primary amides is 1. The Balaban J connectivity index is 1.87. The Labute approximate surface area is 125 Å². The molecule has 114 valence electrons. The van der Waals surface area contributed by atoms with Crippen molar-refractivity contribution in [2.24, 2.45) is 11.5 Å². The van der Waals surface area contributed by atoms with E-state index in [0.29, 0.717) is 12.5 Å². The largest absolute Gasteiger partial charge is 0.370 e. The fourth-order valence-electron chi connectivity index (χ4n) is 2.82. The number of carbonyl (C=O) groups excluding carboxylic acids is 2. The van der Waals surface area contributed by atoms with Crippen molar-refractivity contribution in [3.63, 3.8) is 0 Å². The Kier molecular flexibility index (Phi) is 5.33. The summed E-state index contributed by atoms with van der Waals surface area (Å²) in [5, 5.41) is 0. The zero-order valence-corrected chi connectivity index (χ0v) is 12.3. The molecule has 1 fully saturated rings. The number of piperidine rings is 1. The Morgan fingerprint density at radius 3 is 2.52 bits per heavy atom. The molecule has 1 saturated heterocycles. The second kappa shape index (κ2) is 7.22. The summed E-state index contributed by atoms with van der Waals surface area (Å²) in [7, 11) is 0. The van der Waals surface area contributed by atoms with Crippen LogP contribution in [-0.4, -0.2) is 29.8 Å². The molecule has 0 aliphatic carbocycles. The van der Waals surface area contributed by atoms with Crippen LogP contribution in [0, 0.1) is 0 Å². The van der Waals surface area contributed by atoms with Gasteiger partial charge < -0.3 is 16.4 Å². The number of hydrogen-bond acceptors (Lipinski definition) is 3. The van der Waals surface area contributed by atoms with Gasteiger partial charge in [0, 0.05) is 32.5 Å². The lowest BCUT2D eigenvalue weighted by Gasteiger charge is -2.32. The predicted molar refractivity (Wildman–Crippen MR) is 81.3 cm³/mol. The van der Waals surface area contributed by atoms with Crippen LogP contribution in [-0.2, 0) is 16.1 Å². The summed E-state index contributed by atoms with van der Waals surface area (Å²) in [5.74, 6) is 0.0940. The zero-order valence-electron chi connectivity index (χ0n) is 12.3. The van der Waals surface area contributed by atoms with E-state index in [4.69, 9.17) is 11.5 Å². The minimum absolute atomic E-state index is 0.0305. The number of likely N-dealkylation sites (tertiary alicyclic amines) is 1. The number of nitrogens with zero attached hydrogens (tertiary/aromatic N) is 1. The highest BCUT2D eigenvalue weighted by Crippen LogP contribution is 2.28. The molecule has 0 atom stereocenters. The molecule has 1 aromatic rings. The molecule has 0 spiro atoms. The summed E-state index contributed by atoms with van der Waals surface area (Å²) in [6.07, 6.45) is 2.27. The molecule has 2 amide bonds. The van der Waals surface area contributed by atoms with Gasteiger partial charge in [0.15, 0.2) is 0 Å². The van der Waals surface area contributed by atoms with Gasteiger partial charge in [0.1, 0.15) is 0 Å². The fourth-order valence-corrected chi connectivity index (χ4v) is 2.82. The van der Waals surface area contributed by atoms with Crippen molar-refractivity contribution in [3.8, 4) is 0 Å². The Hall–Kier alpha value is -1.88. The van der Waals surface area contributed by atoms with Crippen LogP contribution in [0.5, 0.6) is 0 Å². The van der Waals surface area contributed by atoms with Gasteiger partial charge in [-0.3, -0.25) is 9.59 Å². The molecule has 21 heavy (non-hydrogen) atoms. The number of nitrogens with two attached hydrogens (primary N) is 2. The van der Waals surface area contributed by atoms with Gasteiger partial charge in [0.2, 0.25) is 11.8 Å². The van der Waals surface area contributed by atoms with Gasteiger partial charge in [-0.2, -0.15) is 0 Å². The fraction of sp³-hybridized carbons (Fsp3) is 0.500. The van der Waals surface area contributed by atoms with Crippen LogP contribution in [0.1, 0.15) is 42.7 Å². The molecule has 0 radical (unpaired) electrons. The average molecular weight is 289 g/mol. The summed E-state index contributed by atoms with van der Waals surface area (Å²) in [6, 6.07) is 8.37. The second-order valence-electron chi connectivity index (χ2n) is 5.57. The maximum absolute atomic E-state index is 11.9. The quantitative estimate of drug-likeness (QED) is 0.851. The highest BCUT2D eigenvalue weighted by molar-refractivity contribution is 5.82. The topological polar surface area (TPSA) is 89.4 Å². The molecule has 0 bridgehead atoms. The van der Waals surface area contributed by atoms with Crippen molar-refractivity contribution in [1.29, 1.82) is 0 Å². The number of rotatable bonds is 5. The van der Waals surface area contributed by atoms with E-state index in [-0.39, 0.29) is 18.7 Å². The van der Waals surface area contributed by atoms with Crippen molar-refractivity contribution in [3.05, 3.63) is 35.4 Å². The van der Waals surface area contributed by atoms with Crippen molar-refractivity contribution < 1.29 is 9.59 Å². The van der Waals surface area contributed by atoms with Crippen LogP contribution in [0.3, 0.4) is 0 Å². The van der Waals surface area contributed by atoms with E-state index >= 15 is 0 Å². The molecule has 5 heteroatoms. The molecule has 0 saturated carbocycles. The van der Waals surface area contributed by atoms with Gasteiger partial charge in [-0.15, -0.1) is 0 Å². The standard InChI is InChI=1S/C16H23N3O2/c17-11-12-2-1-3-14(10-12)13-6-8-19(9-7-13)16(21)5-4-15(18)20/h1-3,10,13H,4-9,11,17H2,(H2,18,20). The van der Waals surface area contributed by atoms with Gasteiger partial charge in [-0.1, -0.05) is 24.3 Å². The Morgan fingerprint density at radius 1 is 1.19 bits per heavy atom. The molecule has 5 nitrogen and oxygen atoms in total. The van der Waals surface area contributed by atoms with Gasteiger partial charge in [0.05, 0.1) is 0 Å². The molecule has 0 unspecified atom stereocenters. The SMILES string of the molecule is NCc1cccc(C2CCN(C(=O)CCC(N)=O)CC2)c1. The highest BCUT2D eigenvalue weighted by Gasteiger charge is 2.23. The lowest BCUT2D eigenvalue weighted by atomic mass is 9.88. The van der Waals surface area contributed by atoms with E-state index in [0.717, 1.165) is 31.5 Å². The van der Waals surface area contributed by atoms with E-state index in [9.17, 15) is 9.59 Å². The van der Waals surface area contributed by atoms with Gasteiger partial charge >= 0.3 is 0 Å². The predicted octanol–water partition coefficient (Wildman–Crippen LogP) is 1.12. The lowest BCUT2D eigenvalue weighted by molar-refractivity contribution is -0.134. The van der Waals surface area contributed by atoms with E-state index in [2.05, 4.69) is 12.1 Å². The van der Waals surface area contributed by atoms with E-state index in [1.165, 1.54) is 5.56 Å². The van der Waals surface area contributed by atoms with E-state index in [1.807, 2.05) is 17.0 Å². The molecule has 4 N–H and O–H groups in total. The first kappa shape index (κ1) is 15.5. The molecule has 1 aliphatic heterocycles. The molecular weight excluding hydrogens is 266 g/mol. The first-order valence-electron chi connectivity index (χ1n) is 7.45. The van der Waals surface area contributed by atoms with Gasteiger partial charge in [-0.05, 0) is 29.9 Å². The van der Waals surface area contributed by atoms with Crippen LogP contribution >= 0.6 is 0 Å². The van der Waals surface area contributed by atoms with Crippen molar-refractivity contribution in [2.45, 2.75) is 38.1 Å². The van der Waals surface area contributed by atoms with Crippen molar-refractivity contribution in [1.82, 2.24) is 4.90 Å². The molecule has 0 aromatic heterocycles. The molecule has 2 rings (SSSR count). The van der Waals surface area contributed by atoms with Crippen LogP contribution < -0.4 is 11.5 Å². The molecule has 1 aromatic carbocycles. The van der Waals surface area contributed by atoms with Crippen LogP contribution in [0.15, 0.2) is 24.3 Å². The number of hydrogen-bond donors (Lipinski definition) is 2. The number of amides is 2. The summed E-state index contributed by atoms with van der Waals surface area (Å²) >= 11 is 0. The highest BCUT2D eigenvalue weighted by atomic mass is 16.2. The summed E-state index contributed by atoms with van der Waals surface area (Å²) < 4.78 is 0. The van der Waals surface area contributed by atoms with Gasteiger partial charge in [0.25, 0.3) is 0 Å². The molecule has 1 heterocycles. The van der Waals surface area contributed by atoms with Crippen LogP contribution in [0.4, 0.5) is 0 Å². The first-order chi connectivity index (χ1) is 10.1. The van der Waals surface area contributed by atoms with Gasteiger partial charge in [-0.25, -0.2) is 0 Å². The number of carbonyl (C=O) groups is 2. The average Bonchev–Trinajstić information content (AvgIpc) is 2.52. The van der Waals surface area contributed by atoms with Crippen LogP contribution in [0.2, 0.25) is 0 Å². The van der Waals surface area contributed by atoms with E-state index < -0.39 is 5.91 Å². The lowest BCUT2D eigenvalue weighted by Crippen LogP contribution is -2.38. The Morgan fingerprint density at radius 2 is 1.90 bits per heavy atom. The summed E-state index contributed by atoms with van der Waals surface area (Å²) in [4.78, 5) is 24.5. The third kappa shape index (κ3) is 4.29. The minimum Gasteiger partial charge on any atom is -0.370 e. The smallest absolute Gasteiger partial charge is 0.223 e. The summed E-state index contributed by atoms with van der Waals surface area (Å²) in [6.45, 7) is 2.04.